The van der Waals surface area contributed by atoms with Crippen LogP contribution in [0.3, 0.4) is 0 Å². The zero-order valence-corrected chi connectivity index (χ0v) is 47.1. The number of hydrogen-bond acceptors (Lipinski definition) is 4. The van der Waals surface area contributed by atoms with Gasteiger partial charge in [-0.25, -0.2) is 4.98 Å². The topological polar surface area (TPSA) is 33.5 Å². The molecule has 75 heavy (non-hydrogen) atoms. The summed E-state index contributed by atoms with van der Waals surface area (Å²) in [6.45, 7) is 27.4. The van der Waals surface area contributed by atoms with Crippen molar-refractivity contribution in [3.63, 3.8) is 0 Å². The Labute approximate surface area is 458 Å². The summed E-state index contributed by atoms with van der Waals surface area (Å²) < 4.78 is 9.08. The molecule has 0 spiro atoms. The molecule has 0 saturated carbocycles. The maximum atomic E-state index is 6.83. The van der Waals surface area contributed by atoms with Crippen LogP contribution in [0.15, 0.2) is 176 Å². The van der Waals surface area contributed by atoms with E-state index >= 15 is 0 Å². The van der Waals surface area contributed by atoms with Crippen molar-refractivity contribution in [2.75, 3.05) is 9.80 Å². The third-order valence-corrected chi connectivity index (χ3v) is 15.4. The largest absolute Gasteiger partial charge is 0.509 e. The van der Waals surface area contributed by atoms with E-state index in [4.69, 9.17) is 9.72 Å². The van der Waals surface area contributed by atoms with Gasteiger partial charge in [0.1, 0.15) is 5.82 Å². The normalized spacial score (nSPS) is 14.0. The molecule has 8 aromatic carbocycles. The summed E-state index contributed by atoms with van der Waals surface area (Å²) in [4.78, 5) is 9.63. The van der Waals surface area contributed by atoms with Crippen molar-refractivity contribution in [3.05, 3.63) is 223 Å². The van der Waals surface area contributed by atoms with Crippen LogP contribution in [0.4, 0.5) is 22.7 Å². The fourth-order valence-corrected chi connectivity index (χ4v) is 11.2. The first-order chi connectivity index (χ1) is 35.3. The molecule has 3 heterocycles. The van der Waals surface area contributed by atoms with Crippen LogP contribution in [-0.4, -0.2) is 9.55 Å². The fraction of sp³-hybridized carbons (Fsp3) is 0.217. The molecule has 0 fully saturated rings. The average Bonchev–Trinajstić information content (AvgIpc) is 4.00. The Morgan fingerprint density at radius 1 is 0.507 bits per heavy atom. The third kappa shape index (κ3) is 8.68. The molecule has 0 saturated heterocycles. The van der Waals surface area contributed by atoms with E-state index in [1.165, 1.54) is 61.2 Å². The zero-order valence-electron chi connectivity index (χ0n) is 44.8. The van der Waals surface area contributed by atoms with Crippen LogP contribution in [0, 0.1) is 18.8 Å². The number of pyridine rings is 1. The van der Waals surface area contributed by atoms with Gasteiger partial charge in [0.15, 0.2) is 0 Å². The number of aromatic nitrogens is 2. The van der Waals surface area contributed by atoms with E-state index in [-0.39, 0.29) is 42.7 Å². The van der Waals surface area contributed by atoms with E-state index in [0.717, 1.165) is 50.4 Å². The summed E-state index contributed by atoms with van der Waals surface area (Å²) >= 11 is 0. The number of para-hydroxylation sites is 2. The molecule has 5 nitrogen and oxygen atoms in total. The van der Waals surface area contributed by atoms with Crippen LogP contribution in [-0.2, 0) is 42.7 Å². The standard InChI is InChI=1S/C69H63N4O.Pt/c1-66(2,3)47-34-35-70-63(40-47)73-59-33-28-45(46-36-48(67(4,5)6)39-49(37-46)68(7,8)9)38-56(59)54-30-29-52(42-62(54)73)74-51-23-19-22-50(41-51)71-43-72(61-27-18-17-26-60(61)71)65-53(44-20-13-12-14-21-44)31-32-58-64(65)55-24-15-16-25-57(55)69(58,10)11;/h12-40,43H,1-11H3;/q-3;. The van der Waals surface area contributed by atoms with Crippen molar-refractivity contribution in [1.29, 1.82) is 0 Å². The molecule has 0 radical (unpaired) electrons. The van der Waals surface area contributed by atoms with Crippen molar-refractivity contribution in [3.8, 4) is 50.7 Å². The molecule has 1 aliphatic carbocycles. The van der Waals surface area contributed by atoms with E-state index in [2.05, 4.69) is 261 Å². The number of fused-ring (bicyclic) bond motifs is 7. The van der Waals surface area contributed by atoms with Gasteiger partial charge in [0.05, 0.1) is 0 Å². The monoisotopic (exact) mass is 1160 g/mol. The molecule has 2 aliphatic rings. The minimum absolute atomic E-state index is 0. The second-order valence-corrected chi connectivity index (χ2v) is 23.9. The molecule has 0 N–H and O–H groups in total. The molecule has 0 amide bonds. The first-order valence-electron chi connectivity index (χ1n) is 26.0. The van der Waals surface area contributed by atoms with Gasteiger partial charge in [-0.3, -0.25) is 0 Å². The smallest absolute Gasteiger partial charge is 0.135 e. The maximum absolute atomic E-state index is 6.83. The molecule has 2 aromatic heterocycles. The first-order valence-corrected chi connectivity index (χ1v) is 26.0. The molecule has 12 rings (SSSR count). The predicted octanol–water partition coefficient (Wildman–Crippen LogP) is 18.5. The van der Waals surface area contributed by atoms with Crippen molar-refractivity contribution in [1.82, 2.24) is 9.55 Å². The molecule has 6 heteroatoms. The second-order valence-electron chi connectivity index (χ2n) is 23.9. The summed E-state index contributed by atoms with van der Waals surface area (Å²) in [5.41, 5.74) is 19.7. The van der Waals surface area contributed by atoms with Crippen LogP contribution in [0.25, 0.3) is 61.0 Å². The van der Waals surface area contributed by atoms with E-state index in [1.54, 1.807) is 0 Å². The van der Waals surface area contributed by atoms with Crippen LogP contribution >= 0.6 is 0 Å². The minimum atomic E-state index is -0.159. The number of ether oxygens (including phenoxy) is 1. The van der Waals surface area contributed by atoms with Gasteiger partial charge >= 0.3 is 0 Å². The average molecular weight is 1160 g/mol. The maximum Gasteiger partial charge on any atom is 0.135 e. The molecular formula is C69H63N4OPt-3. The van der Waals surface area contributed by atoms with Gasteiger partial charge < -0.3 is 19.1 Å². The second kappa shape index (κ2) is 18.3. The SMILES string of the molecule is CC(C)(C)c1cc(-c2ccc3c(c2)c2ccc(Oc4[c-]c(N5[CH-]N(c6c(-c7ccccc7)ccc7c6-c6ccccc6C7(C)C)c6ccccc65)ccc4)[c-]c2n3-c2cc(C(C)(C)C)ccn2)cc(C(C)(C)C)c1.[Pt]. The Hall–Kier alpha value is -7.20. The van der Waals surface area contributed by atoms with Crippen molar-refractivity contribution in [2.24, 2.45) is 0 Å². The van der Waals surface area contributed by atoms with Crippen molar-refractivity contribution < 1.29 is 25.8 Å². The Kier molecular flexibility index (Phi) is 12.2. The summed E-state index contributed by atoms with van der Waals surface area (Å²) in [5, 5.41) is 2.21. The quantitative estimate of drug-likeness (QED) is 0.149. The molecule has 10 aromatic rings. The Morgan fingerprint density at radius 3 is 1.89 bits per heavy atom. The van der Waals surface area contributed by atoms with Gasteiger partial charge in [-0.2, -0.15) is 12.1 Å². The molecule has 0 unspecified atom stereocenters. The summed E-state index contributed by atoms with van der Waals surface area (Å²) in [5.74, 6) is 2.03. The van der Waals surface area contributed by atoms with Gasteiger partial charge in [-0.15, -0.1) is 48.1 Å². The molecule has 0 bridgehead atoms. The van der Waals surface area contributed by atoms with Gasteiger partial charge in [-0.05, 0) is 102 Å². The molecule has 1 aliphatic heterocycles. The van der Waals surface area contributed by atoms with Crippen LogP contribution in [0.5, 0.6) is 11.5 Å². The number of benzene rings is 8. The first kappa shape index (κ1) is 50.0. The number of anilines is 4. The minimum Gasteiger partial charge on any atom is -0.509 e. The Balaban J connectivity index is 0.00000602. The Morgan fingerprint density at radius 2 is 1.17 bits per heavy atom. The molecule has 378 valence electrons. The van der Waals surface area contributed by atoms with Crippen LogP contribution in [0.2, 0.25) is 0 Å². The zero-order chi connectivity index (χ0) is 51.5. The van der Waals surface area contributed by atoms with Crippen molar-refractivity contribution >= 4 is 44.6 Å². The third-order valence-electron chi connectivity index (χ3n) is 15.4. The summed E-state index contributed by atoms with van der Waals surface area (Å²) in [6, 6.07) is 69.1. The van der Waals surface area contributed by atoms with E-state index < -0.39 is 0 Å². The number of nitrogens with zero attached hydrogens (tertiary/aromatic N) is 4. The van der Waals surface area contributed by atoms with Crippen LogP contribution < -0.4 is 14.5 Å². The molecule has 0 atom stereocenters. The Bertz CT molecular complexity index is 3810. The number of hydrogen-bond donors (Lipinski definition) is 0. The van der Waals surface area contributed by atoms with E-state index in [0.29, 0.717) is 11.5 Å². The van der Waals surface area contributed by atoms with Gasteiger partial charge in [-0.1, -0.05) is 191 Å². The van der Waals surface area contributed by atoms with Gasteiger partial charge in [0.25, 0.3) is 0 Å². The van der Waals surface area contributed by atoms with E-state index in [1.807, 2.05) is 24.4 Å². The van der Waals surface area contributed by atoms with Crippen LogP contribution in [0.1, 0.15) is 104 Å². The van der Waals surface area contributed by atoms with Gasteiger partial charge in [0.2, 0.25) is 0 Å². The molecular weight excluding hydrogens is 1100 g/mol. The van der Waals surface area contributed by atoms with E-state index in [9.17, 15) is 0 Å². The van der Waals surface area contributed by atoms with Crippen molar-refractivity contribution in [2.45, 2.75) is 97.8 Å². The predicted molar refractivity (Wildman–Crippen MR) is 309 cm³/mol. The number of rotatable bonds is 7. The summed E-state index contributed by atoms with van der Waals surface area (Å²) in [6.07, 6.45) is 1.93. The summed E-state index contributed by atoms with van der Waals surface area (Å²) in [7, 11) is 0. The van der Waals surface area contributed by atoms with Gasteiger partial charge in [0, 0.05) is 77.9 Å². The fourth-order valence-electron chi connectivity index (χ4n) is 11.2.